The number of aryl methyl sites for hydroxylation is 2. The van der Waals surface area contributed by atoms with Crippen LogP contribution in [0.3, 0.4) is 0 Å². The van der Waals surface area contributed by atoms with E-state index in [1.54, 1.807) is 0 Å². The molecule has 2 aromatic rings. The van der Waals surface area contributed by atoms with Crippen LogP contribution in [0.4, 0.5) is 0 Å². The maximum atomic E-state index is 5.90. The fourth-order valence-corrected chi connectivity index (χ4v) is 4.03. The van der Waals surface area contributed by atoms with Crippen molar-refractivity contribution in [1.82, 2.24) is 9.78 Å². The van der Waals surface area contributed by atoms with Crippen LogP contribution in [0.15, 0.2) is 28.7 Å². The van der Waals surface area contributed by atoms with E-state index in [4.69, 9.17) is 11.6 Å². The predicted octanol–water partition coefficient (Wildman–Crippen LogP) is 5.31. The maximum Gasteiger partial charge on any atom is 0.0767 e. The third-order valence-corrected chi connectivity index (χ3v) is 5.30. The standard InChI is InChI=1S/C15H18BrClN2S/c1-3-13-15(16)14(19(4-2)18-13)10-20-9-11-5-7-12(17)8-6-11/h5-8H,3-4,9-10H2,1-2H3. The number of rotatable bonds is 6. The minimum Gasteiger partial charge on any atom is -0.268 e. The summed E-state index contributed by atoms with van der Waals surface area (Å²) in [7, 11) is 0. The summed E-state index contributed by atoms with van der Waals surface area (Å²) < 4.78 is 3.27. The van der Waals surface area contributed by atoms with E-state index in [1.165, 1.54) is 15.7 Å². The fraction of sp³-hybridized carbons (Fsp3) is 0.400. The van der Waals surface area contributed by atoms with E-state index < -0.39 is 0 Å². The van der Waals surface area contributed by atoms with Crippen LogP contribution in [-0.2, 0) is 24.5 Å². The summed E-state index contributed by atoms with van der Waals surface area (Å²) >= 11 is 11.5. The second kappa shape index (κ2) is 7.53. The lowest BCUT2D eigenvalue weighted by atomic mass is 10.2. The van der Waals surface area contributed by atoms with Crippen LogP contribution < -0.4 is 0 Å². The molecule has 2 nitrogen and oxygen atoms in total. The Morgan fingerprint density at radius 2 is 1.90 bits per heavy atom. The number of thioether (sulfide) groups is 1. The van der Waals surface area contributed by atoms with Gasteiger partial charge in [-0.2, -0.15) is 16.9 Å². The van der Waals surface area contributed by atoms with E-state index in [1.807, 2.05) is 23.9 Å². The lowest BCUT2D eigenvalue weighted by molar-refractivity contribution is 0.627. The van der Waals surface area contributed by atoms with E-state index in [0.29, 0.717) is 0 Å². The van der Waals surface area contributed by atoms with Crippen molar-refractivity contribution in [1.29, 1.82) is 0 Å². The first-order valence-electron chi connectivity index (χ1n) is 6.71. The predicted molar refractivity (Wildman–Crippen MR) is 91.4 cm³/mol. The van der Waals surface area contributed by atoms with Crippen LogP contribution in [-0.4, -0.2) is 9.78 Å². The van der Waals surface area contributed by atoms with Gasteiger partial charge < -0.3 is 0 Å². The number of halogens is 2. The van der Waals surface area contributed by atoms with Gasteiger partial charge in [-0.15, -0.1) is 0 Å². The van der Waals surface area contributed by atoms with Gasteiger partial charge in [-0.1, -0.05) is 30.7 Å². The monoisotopic (exact) mass is 372 g/mol. The highest BCUT2D eigenvalue weighted by atomic mass is 79.9. The summed E-state index contributed by atoms with van der Waals surface area (Å²) in [5, 5.41) is 5.41. The smallest absolute Gasteiger partial charge is 0.0767 e. The topological polar surface area (TPSA) is 17.8 Å². The molecule has 2 rings (SSSR count). The molecule has 0 amide bonds. The van der Waals surface area contributed by atoms with Gasteiger partial charge in [0, 0.05) is 23.1 Å². The van der Waals surface area contributed by atoms with Gasteiger partial charge in [0.1, 0.15) is 0 Å². The Balaban J connectivity index is 2.00. The van der Waals surface area contributed by atoms with Crippen molar-refractivity contribution < 1.29 is 0 Å². The van der Waals surface area contributed by atoms with Gasteiger partial charge in [0.05, 0.1) is 15.9 Å². The van der Waals surface area contributed by atoms with Crippen molar-refractivity contribution in [2.75, 3.05) is 0 Å². The zero-order valence-electron chi connectivity index (χ0n) is 11.7. The molecule has 0 N–H and O–H groups in total. The molecule has 0 saturated heterocycles. The molecule has 0 aliphatic rings. The maximum absolute atomic E-state index is 5.90. The Bertz CT molecular complexity index is 566. The van der Waals surface area contributed by atoms with Crippen molar-refractivity contribution in [3.8, 4) is 0 Å². The van der Waals surface area contributed by atoms with E-state index in [-0.39, 0.29) is 0 Å². The molecule has 5 heteroatoms. The minimum absolute atomic E-state index is 0.790. The summed E-state index contributed by atoms with van der Waals surface area (Å²) in [6.45, 7) is 5.18. The average molecular weight is 374 g/mol. The number of aromatic nitrogens is 2. The SMILES string of the molecule is CCc1nn(CC)c(CSCc2ccc(Cl)cc2)c1Br. The molecular formula is C15H18BrClN2S. The van der Waals surface area contributed by atoms with E-state index in [0.717, 1.165) is 35.2 Å². The van der Waals surface area contributed by atoms with Crippen molar-refractivity contribution in [3.05, 3.63) is 50.7 Å². The highest BCUT2D eigenvalue weighted by molar-refractivity contribution is 9.10. The fourth-order valence-electron chi connectivity index (χ4n) is 2.00. The molecule has 1 heterocycles. The van der Waals surface area contributed by atoms with Crippen LogP contribution in [0, 0.1) is 0 Å². The second-order valence-electron chi connectivity index (χ2n) is 4.50. The first-order chi connectivity index (χ1) is 9.65. The van der Waals surface area contributed by atoms with E-state index in [9.17, 15) is 0 Å². The van der Waals surface area contributed by atoms with Gasteiger partial charge in [-0.3, -0.25) is 4.68 Å². The largest absolute Gasteiger partial charge is 0.268 e. The van der Waals surface area contributed by atoms with Gasteiger partial charge in [0.2, 0.25) is 0 Å². The van der Waals surface area contributed by atoms with Crippen molar-refractivity contribution in [2.45, 2.75) is 38.3 Å². The van der Waals surface area contributed by atoms with Gasteiger partial charge in [-0.25, -0.2) is 0 Å². The Labute approximate surface area is 138 Å². The molecule has 0 aliphatic heterocycles. The molecule has 0 radical (unpaired) electrons. The third kappa shape index (κ3) is 3.80. The second-order valence-corrected chi connectivity index (χ2v) is 6.71. The Morgan fingerprint density at radius 3 is 2.50 bits per heavy atom. The quantitative estimate of drug-likeness (QED) is 0.682. The molecule has 0 fully saturated rings. The summed E-state index contributed by atoms with van der Waals surface area (Å²) in [4.78, 5) is 0. The summed E-state index contributed by atoms with van der Waals surface area (Å²) in [5.41, 5.74) is 3.73. The highest BCUT2D eigenvalue weighted by Crippen LogP contribution is 2.27. The van der Waals surface area contributed by atoms with Crippen LogP contribution >= 0.6 is 39.3 Å². The molecule has 0 atom stereocenters. The van der Waals surface area contributed by atoms with Crippen molar-refractivity contribution >= 4 is 39.3 Å². The average Bonchev–Trinajstić information content (AvgIpc) is 2.77. The Morgan fingerprint density at radius 1 is 1.20 bits per heavy atom. The molecule has 0 spiro atoms. The van der Waals surface area contributed by atoms with Gasteiger partial charge in [0.25, 0.3) is 0 Å². The first kappa shape index (κ1) is 15.9. The van der Waals surface area contributed by atoms with Crippen LogP contribution in [0.2, 0.25) is 5.02 Å². The lowest BCUT2D eigenvalue weighted by Gasteiger charge is -2.06. The molecule has 0 bridgehead atoms. The summed E-state index contributed by atoms with van der Waals surface area (Å²) in [6, 6.07) is 8.05. The molecule has 0 unspecified atom stereocenters. The number of nitrogens with zero attached hydrogens (tertiary/aromatic N) is 2. The normalized spacial score (nSPS) is 11.0. The van der Waals surface area contributed by atoms with Gasteiger partial charge in [0.15, 0.2) is 0 Å². The molecule has 0 saturated carbocycles. The first-order valence-corrected chi connectivity index (χ1v) is 9.04. The van der Waals surface area contributed by atoms with Crippen molar-refractivity contribution in [2.24, 2.45) is 0 Å². The molecule has 20 heavy (non-hydrogen) atoms. The van der Waals surface area contributed by atoms with Gasteiger partial charge in [-0.05, 0) is 47.0 Å². The van der Waals surface area contributed by atoms with E-state index >= 15 is 0 Å². The molecule has 1 aromatic heterocycles. The Kier molecular flexibility index (Phi) is 6.00. The molecule has 0 aliphatic carbocycles. The van der Waals surface area contributed by atoms with Crippen LogP contribution in [0.25, 0.3) is 0 Å². The molecule has 108 valence electrons. The zero-order chi connectivity index (χ0) is 14.5. The number of hydrogen-bond acceptors (Lipinski definition) is 2. The van der Waals surface area contributed by atoms with Crippen LogP contribution in [0.1, 0.15) is 30.8 Å². The molecule has 1 aromatic carbocycles. The summed E-state index contributed by atoms with van der Waals surface area (Å²) in [5.74, 6) is 1.95. The van der Waals surface area contributed by atoms with Crippen LogP contribution in [0.5, 0.6) is 0 Å². The third-order valence-electron chi connectivity index (χ3n) is 3.11. The van der Waals surface area contributed by atoms with E-state index in [2.05, 4.69) is 51.7 Å². The van der Waals surface area contributed by atoms with Crippen molar-refractivity contribution in [3.63, 3.8) is 0 Å². The minimum atomic E-state index is 0.790. The molecular weight excluding hydrogens is 356 g/mol. The number of benzene rings is 1. The van der Waals surface area contributed by atoms with Gasteiger partial charge >= 0.3 is 0 Å². The zero-order valence-corrected chi connectivity index (χ0v) is 14.9. The summed E-state index contributed by atoms with van der Waals surface area (Å²) in [6.07, 6.45) is 0.961. The number of hydrogen-bond donors (Lipinski definition) is 0. The highest BCUT2D eigenvalue weighted by Gasteiger charge is 2.13. The Hall–Kier alpha value is -0.450. The lowest BCUT2D eigenvalue weighted by Crippen LogP contribution is -2.02.